The van der Waals surface area contributed by atoms with E-state index in [2.05, 4.69) is 31.7 Å². The van der Waals surface area contributed by atoms with Crippen LogP contribution < -0.4 is 5.73 Å². The van der Waals surface area contributed by atoms with Crippen molar-refractivity contribution in [3.05, 3.63) is 21.9 Å². The monoisotopic (exact) mass is 187 g/mol. The minimum Gasteiger partial charge on any atom is -0.329 e. The summed E-state index contributed by atoms with van der Waals surface area (Å²) in [7, 11) is 0. The highest BCUT2D eigenvalue weighted by Crippen LogP contribution is 2.17. The van der Waals surface area contributed by atoms with Crippen LogP contribution in [0.3, 0.4) is 0 Å². The third-order valence-corrected chi connectivity index (χ3v) is 2.92. The molecule has 1 aromatic heterocycles. The first-order valence-corrected chi connectivity index (χ1v) is 4.99. The molecule has 1 unspecified atom stereocenters. The van der Waals surface area contributed by atoms with Crippen molar-refractivity contribution in [3.8, 4) is 0 Å². The summed E-state index contributed by atoms with van der Waals surface area (Å²) in [5, 5.41) is 0.313. The van der Waals surface area contributed by atoms with Gasteiger partial charge in [-0.25, -0.2) is 0 Å². The molecule has 0 saturated carbocycles. The van der Waals surface area contributed by atoms with Crippen molar-refractivity contribution in [2.45, 2.75) is 18.6 Å². The van der Waals surface area contributed by atoms with E-state index < -0.39 is 0 Å². The molecular weight excluding hydrogens is 174 g/mol. The highest BCUT2D eigenvalue weighted by molar-refractivity contribution is 7.81. The maximum atomic E-state index is 5.45. The molecule has 0 fully saturated rings. The summed E-state index contributed by atoms with van der Waals surface area (Å²) in [6.07, 6.45) is 0.998. The first-order valence-electron chi connectivity index (χ1n) is 3.66. The van der Waals surface area contributed by atoms with Crippen molar-refractivity contribution in [2.75, 3.05) is 6.54 Å². The Morgan fingerprint density at radius 3 is 2.82 bits per heavy atom. The van der Waals surface area contributed by atoms with Crippen molar-refractivity contribution in [1.82, 2.24) is 0 Å². The van der Waals surface area contributed by atoms with Crippen LogP contribution in [0.15, 0.2) is 12.1 Å². The molecule has 11 heavy (non-hydrogen) atoms. The summed E-state index contributed by atoms with van der Waals surface area (Å²) >= 11 is 6.16. The first-order chi connectivity index (χ1) is 5.22. The van der Waals surface area contributed by atoms with Crippen LogP contribution in [-0.4, -0.2) is 11.8 Å². The van der Waals surface area contributed by atoms with Crippen molar-refractivity contribution in [1.29, 1.82) is 0 Å². The molecule has 1 heterocycles. The van der Waals surface area contributed by atoms with E-state index >= 15 is 0 Å². The zero-order valence-corrected chi connectivity index (χ0v) is 8.29. The Hall–Kier alpha value is 0.01000. The van der Waals surface area contributed by atoms with Gasteiger partial charge in [-0.15, -0.1) is 11.3 Å². The lowest BCUT2D eigenvalue weighted by Gasteiger charge is -2.03. The number of thiol groups is 1. The number of rotatable bonds is 3. The van der Waals surface area contributed by atoms with Crippen LogP contribution >= 0.6 is 24.0 Å². The van der Waals surface area contributed by atoms with E-state index in [0.29, 0.717) is 11.8 Å². The zero-order chi connectivity index (χ0) is 8.27. The molecule has 0 aliphatic carbocycles. The van der Waals surface area contributed by atoms with E-state index in [1.54, 1.807) is 0 Å². The Balaban J connectivity index is 2.50. The molecule has 0 aromatic carbocycles. The summed E-state index contributed by atoms with van der Waals surface area (Å²) in [6.45, 7) is 2.77. The number of hydrogen-bond acceptors (Lipinski definition) is 3. The Morgan fingerprint density at radius 2 is 2.36 bits per heavy atom. The van der Waals surface area contributed by atoms with Crippen LogP contribution in [0, 0.1) is 6.92 Å². The molecule has 0 saturated heterocycles. The lowest BCUT2D eigenvalue weighted by Crippen LogP contribution is -2.15. The van der Waals surface area contributed by atoms with Crippen LogP contribution in [0.5, 0.6) is 0 Å². The molecule has 0 amide bonds. The van der Waals surface area contributed by atoms with Crippen molar-refractivity contribution in [3.63, 3.8) is 0 Å². The fourth-order valence-electron chi connectivity index (χ4n) is 0.910. The fraction of sp³-hybridized carbons (Fsp3) is 0.500. The van der Waals surface area contributed by atoms with E-state index in [0.717, 1.165) is 6.42 Å². The quantitative estimate of drug-likeness (QED) is 0.694. The van der Waals surface area contributed by atoms with Crippen LogP contribution in [0.1, 0.15) is 9.75 Å². The van der Waals surface area contributed by atoms with Gasteiger partial charge in [0.05, 0.1) is 0 Å². The molecule has 2 N–H and O–H groups in total. The van der Waals surface area contributed by atoms with Crippen LogP contribution in [0.4, 0.5) is 0 Å². The van der Waals surface area contributed by atoms with E-state index in [1.807, 2.05) is 11.3 Å². The van der Waals surface area contributed by atoms with Gasteiger partial charge in [0.2, 0.25) is 0 Å². The Kier molecular flexibility index (Phi) is 3.43. The minimum atomic E-state index is 0.313. The Morgan fingerprint density at radius 1 is 1.64 bits per heavy atom. The second-order valence-electron chi connectivity index (χ2n) is 2.61. The Bertz CT molecular complexity index is 220. The molecule has 0 aliphatic rings. The normalized spacial score (nSPS) is 13.4. The summed E-state index contributed by atoms with van der Waals surface area (Å²) in [5.74, 6) is 0. The topological polar surface area (TPSA) is 26.0 Å². The summed E-state index contributed by atoms with van der Waals surface area (Å²) in [6, 6.07) is 4.29. The molecule has 0 spiro atoms. The number of nitrogens with two attached hydrogens (primary N) is 1. The van der Waals surface area contributed by atoms with Crippen LogP contribution in [0.2, 0.25) is 0 Å². The second-order valence-corrected chi connectivity index (χ2v) is 4.71. The predicted molar refractivity (Wildman–Crippen MR) is 54.6 cm³/mol. The summed E-state index contributed by atoms with van der Waals surface area (Å²) in [4.78, 5) is 2.74. The molecule has 0 radical (unpaired) electrons. The third kappa shape index (κ3) is 2.85. The van der Waals surface area contributed by atoms with Gasteiger partial charge in [0.25, 0.3) is 0 Å². The van der Waals surface area contributed by atoms with Crippen LogP contribution in [0.25, 0.3) is 0 Å². The average Bonchev–Trinajstić information content (AvgIpc) is 2.35. The van der Waals surface area contributed by atoms with Gasteiger partial charge in [0.1, 0.15) is 0 Å². The van der Waals surface area contributed by atoms with Gasteiger partial charge in [-0.1, -0.05) is 0 Å². The highest BCUT2D eigenvalue weighted by atomic mass is 32.1. The van der Waals surface area contributed by atoms with Crippen molar-refractivity contribution in [2.24, 2.45) is 5.73 Å². The second kappa shape index (κ2) is 4.14. The standard InChI is InChI=1S/C8H13NS2/c1-6-2-3-8(11-6)4-7(10)5-9/h2-3,7,10H,4-5,9H2,1H3. The fourth-order valence-corrected chi connectivity index (χ4v) is 2.20. The minimum absolute atomic E-state index is 0.313. The lowest BCUT2D eigenvalue weighted by atomic mass is 10.2. The third-order valence-electron chi connectivity index (χ3n) is 1.50. The molecular formula is C8H13NS2. The number of hydrogen-bond donors (Lipinski definition) is 2. The number of aryl methyl sites for hydroxylation is 1. The van der Waals surface area contributed by atoms with Gasteiger partial charge in [0, 0.05) is 21.5 Å². The SMILES string of the molecule is Cc1ccc(CC(S)CN)s1. The van der Waals surface area contributed by atoms with Gasteiger partial charge in [-0.3, -0.25) is 0 Å². The maximum Gasteiger partial charge on any atom is 0.0188 e. The van der Waals surface area contributed by atoms with Gasteiger partial charge >= 0.3 is 0 Å². The van der Waals surface area contributed by atoms with E-state index in [1.165, 1.54) is 9.75 Å². The molecule has 1 atom stereocenters. The van der Waals surface area contributed by atoms with E-state index in [4.69, 9.17) is 5.73 Å². The Labute approximate surface area is 77.0 Å². The summed E-state index contributed by atoms with van der Waals surface area (Å²) in [5.41, 5.74) is 5.45. The zero-order valence-electron chi connectivity index (χ0n) is 6.58. The summed E-state index contributed by atoms with van der Waals surface area (Å²) < 4.78 is 0. The van der Waals surface area contributed by atoms with Gasteiger partial charge in [-0.2, -0.15) is 12.6 Å². The predicted octanol–water partition coefficient (Wildman–Crippen LogP) is 1.86. The van der Waals surface area contributed by atoms with Gasteiger partial charge in [-0.05, 0) is 25.5 Å². The van der Waals surface area contributed by atoms with Gasteiger partial charge < -0.3 is 5.73 Å². The largest absolute Gasteiger partial charge is 0.329 e. The molecule has 0 bridgehead atoms. The van der Waals surface area contributed by atoms with Crippen molar-refractivity contribution < 1.29 is 0 Å². The van der Waals surface area contributed by atoms with Gasteiger partial charge in [0.15, 0.2) is 0 Å². The first kappa shape index (κ1) is 9.10. The molecule has 1 rings (SSSR count). The van der Waals surface area contributed by atoms with Crippen LogP contribution in [-0.2, 0) is 6.42 Å². The highest BCUT2D eigenvalue weighted by Gasteiger charge is 2.03. The van der Waals surface area contributed by atoms with E-state index in [-0.39, 0.29) is 0 Å². The lowest BCUT2D eigenvalue weighted by molar-refractivity contribution is 0.870. The molecule has 1 aromatic rings. The smallest absolute Gasteiger partial charge is 0.0188 e. The molecule has 0 aliphatic heterocycles. The molecule has 62 valence electrons. The van der Waals surface area contributed by atoms with E-state index in [9.17, 15) is 0 Å². The molecule has 3 heteroatoms. The maximum absolute atomic E-state index is 5.45. The number of thiophene rings is 1. The van der Waals surface area contributed by atoms with Crippen molar-refractivity contribution >= 4 is 24.0 Å². The average molecular weight is 187 g/mol. The molecule has 1 nitrogen and oxygen atoms in total.